The molecule has 5 nitrogen and oxygen atoms in total. The zero-order valence-corrected chi connectivity index (χ0v) is 20.5. The molecule has 31 heavy (non-hydrogen) atoms. The van der Waals surface area contributed by atoms with Crippen molar-refractivity contribution in [1.29, 1.82) is 0 Å². The number of carbonyl (C=O) groups is 2. The third-order valence-corrected chi connectivity index (χ3v) is 9.05. The van der Waals surface area contributed by atoms with Crippen molar-refractivity contribution in [3.8, 4) is 0 Å². The van der Waals surface area contributed by atoms with Gasteiger partial charge in [0.25, 0.3) is 0 Å². The lowest BCUT2D eigenvalue weighted by Crippen LogP contribution is -2.56. The Balaban J connectivity index is 1.80. The fourth-order valence-electron chi connectivity index (χ4n) is 6.57. The summed E-state index contributed by atoms with van der Waals surface area (Å²) >= 11 is 0. The topological polar surface area (TPSA) is 72.8 Å². The molecular formula is C26H44O5. The number of aliphatic hydroxyl groups excluding tert-OH is 1. The molecule has 1 heterocycles. The molecule has 3 fully saturated rings. The summed E-state index contributed by atoms with van der Waals surface area (Å²) in [7, 11) is 0. The molecular weight excluding hydrogens is 392 g/mol. The number of esters is 2. The van der Waals surface area contributed by atoms with Gasteiger partial charge >= 0.3 is 11.9 Å². The number of rotatable bonds is 6. The lowest BCUT2D eigenvalue weighted by Gasteiger charge is -2.58. The van der Waals surface area contributed by atoms with Crippen molar-refractivity contribution in [3.05, 3.63) is 0 Å². The average molecular weight is 437 g/mol. The molecule has 178 valence electrons. The highest BCUT2D eigenvalue weighted by molar-refractivity contribution is 5.76. The maximum atomic E-state index is 13.0. The molecule has 0 aromatic heterocycles. The van der Waals surface area contributed by atoms with Crippen LogP contribution >= 0.6 is 0 Å². The van der Waals surface area contributed by atoms with Crippen molar-refractivity contribution >= 4 is 11.9 Å². The Morgan fingerprint density at radius 1 is 1.19 bits per heavy atom. The first-order valence-electron chi connectivity index (χ1n) is 12.6. The predicted molar refractivity (Wildman–Crippen MR) is 120 cm³/mol. The zero-order chi connectivity index (χ0) is 23.0. The van der Waals surface area contributed by atoms with E-state index in [2.05, 4.69) is 20.8 Å². The predicted octanol–water partition coefficient (Wildman–Crippen LogP) is 5.28. The van der Waals surface area contributed by atoms with Gasteiger partial charge in [-0.15, -0.1) is 0 Å². The van der Waals surface area contributed by atoms with Crippen LogP contribution < -0.4 is 0 Å². The van der Waals surface area contributed by atoms with Gasteiger partial charge in [0.2, 0.25) is 0 Å². The van der Waals surface area contributed by atoms with Crippen molar-refractivity contribution in [2.45, 2.75) is 118 Å². The summed E-state index contributed by atoms with van der Waals surface area (Å²) in [6.45, 7) is 13.0. The Morgan fingerprint density at radius 2 is 1.90 bits per heavy atom. The highest BCUT2D eigenvalue weighted by Gasteiger charge is 2.56. The second kappa shape index (κ2) is 9.41. The molecule has 1 N–H and O–H groups in total. The van der Waals surface area contributed by atoms with Crippen LogP contribution in [0.2, 0.25) is 0 Å². The van der Waals surface area contributed by atoms with Crippen LogP contribution in [0.4, 0.5) is 0 Å². The summed E-state index contributed by atoms with van der Waals surface area (Å²) in [6.07, 6.45) is 6.80. The smallest absolute Gasteiger partial charge is 0.311 e. The van der Waals surface area contributed by atoms with E-state index in [0.717, 1.165) is 25.7 Å². The fraction of sp³-hybridized carbons (Fsp3) is 0.923. The van der Waals surface area contributed by atoms with Gasteiger partial charge in [0, 0.05) is 11.8 Å². The molecule has 0 amide bonds. The van der Waals surface area contributed by atoms with E-state index >= 15 is 0 Å². The zero-order valence-electron chi connectivity index (χ0n) is 20.5. The molecule has 0 unspecified atom stereocenters. The number of carbonyl (C=O) groups excluding carboxylic acids is 2. The van der Waals surface area contributed by atoms with Gasteiger partial charge in [-0.25, -0.2) is 0 Å². The second-order valence-corrected chi connectivity index (χ2v) is 11.7. The molecule has 0 bridgehead atoms. The first kappa shape index (κ1) is 24.5. The second-order valence-electron chi connectivity index (χ2n) is 11.7. The highest BCUT2D eigenvalue weighted by Crippen LogP contribution is 2.58. The number of ether oxygens (including phenoxy) is 2. The normalized spacial score (nSPS) is 41.3. The molecule has 8 atom stereocenters. The van der Waals surface area contributed by atoms with Gasteiger partial charge < -0.3 is 14.6 Å². The van der Waals surface area contributed by atoms with E-state index in [-0.39, 0.29) is 36.0 Å². The molecule has 3 rings (SSSR count). The van der Waals surface area contributed by atoms with Gasteiger partial charge in [-0.3, -0.25) is 9.59 Å². The van der Waals surface area contributed by atoms with Crippen molar-refractivity contribution in [3.63, 3.8) is 0 Å². The lowest BCUT2D eigenvalue weighted by atomic mass is 9.49. The maximum Gasteiger partial charge on any atom is 0.311 e. The Bertz CT molecular complexity index is 658. The summed E-state index contributed by atoms with van der Waals surface area (Å²) in [5.74, 6) is 1.71. The van der Waals surface area contributed by atoms with Gasteiger partial charge in [0.05, 0.1) is 17.9 Å². The molecule has 1 aliphatic heterocycles. The van der Waals surface area contributed by atoms with Gasteiger partial charge in [0.1, 0.15) is 12.2 Å². The molecule has 3 aliphatic rings. The third kappa shape index (κ3) is 5.12. The number of hydrogen-bond donors (Lipinski definition) is 1. The standard InChI is InChI=1S/C26H44O5/c1-7-25(4,5)24(29)31-22-13-16(2)12-18-9-8-17(3)21(26(18,22)6)11-10-20-14-19(27)15-23(28)30-20/h16-22,27H,7-15H2,1-6H3/t16-,17-,18-,19+,20+,21-,22-,26-/m0/s1. The van der Waals surface area contributed by atoms with Crippen LogP contribution in [0, 0.1) is 34.5 Å². The minimum atomic E-state index is -0.584. The molecule has 5 heteroatoms. The average Bonchev–Trinajstić information content (AvgIpc) is 2.68. The Hall–Kier alpha value is -1.10. The van der Waals surface area contributed by atoms with E-state index in [0.29, 0.717) is 30.1 Å². The minimum Gasteiger partial charge on any atom is -0.462 e. The van der Waals surface area contributed by atoms with Crippen molar-refractivity contribution in [2.75, 3.05) is 0 Å². The maximum absolute atomic E-state index is 13.0. The van der Waals surface area contributed by atoms with Crippen LogP contribution in [0.1, 0.15) is 99.3 Å². The van der Waals surface area contributed by atoms with Crippen LogP contribution in [0.5, 0.6) is 0 Å². The van der Waals surface area contributed by atoms with Gasteiger partial charge in [-0.05, 0) is 76.0 Å². The summed E-state index contributed by atoms with van der Waals surface area (Å²) in [6, 6.07) is 0. The third-order valence-electron chi connectivity index (χ3n) is 9.05. The van der Waals surface area contributed by atoms with Crippen LogP contribution in [0.3, 0.4) is 0 Å². The first-order chi connectivity index (χ1) is 14.5. The molecule has 0 radical (unpaired) electrons. The van der Waals surface area contributed by atoms with E-state index in [1.165, 1.54) is 19.3 Å². The van der Waals surface area contributed by atoms with Crippen LogP contribution in [0.25, 0.3) is 0 Å². The van der Waals surface area contributed by atoms with Crippen molar-refractivity contribution in [1.82, 2.24) is 0 Å². The van der Waals surface area contributed by atoms with Crippen LogP contribution in [-0.4, -0.2) is 35.4 Å². The number of cyclic esters (lactones) is 1. The Labute approximate surface area is 188 Å². The summed E-state index contributed by atoms with van der Waals surface area (Å²) in [5, 5.41) is 9.99. The van der Waals surface area contributed by atoms with E-state index < -0.39 is 11.5 Å². The number of hydrogen-bond acceptors (Lipinski definition) is 5. The Kier molecular flexibility index (Phi) is 7.45. The van der Waals surface area contributed by atoms with Gasteiger partial charge in [-0.2, -0.15) is 0 Å². The number of aliphatic hydroxyl groups is 1. The summed E-state index contributed by atoms with van der Waals surface area (Å²) in [5.41, 5.74) is -0.518. The number of fused-ring (bicyclic) bond motifs is 1. The molecule has 2 aliphatic carbocycles. The molecule has 0 spiro atoms. The monoisotopic (exact) mass is 436 g/mol. The van der Waals surface area contributed by atoms with E-state index in [9.17, 15) is 14.7 Å². The van der Waals surface area contributed by atoms with Crippen molar-refractivity contribution in [2.24, 2.45) is 34.5 Å². The highest BCUT2D eigenvalue weighted by atomic mass is 16.6. The molecule has 1 saturated heterocycles. The molecule has 2 saturated carbocycles. The SMILES string of the molecule is CCC(C)(C)C(=O)O[C@H]1C[C@@H](C)C[C@@H]2CC[C@H](C)[C@H](CC[C@@H]3C[C@@H](O)CC(=O)O3)[C@]21C. The van der Waals surface area contributed by atoms with E-state index in [1.54, 1.807) is 0 Å². The molecule has 0 aromatic rings. The summed E-state index contributed by atoms with van der Waals surface area (Å²) in [4.78, 5) is 24.8. The summed E-state index contributed by atoms with van der Waals surface area (Å²) < 4.78 is 11.9. The first-order valence-corrected chi connectivity index (χ1v) is 12.6. The van der Waals surface area contributed by atoms with Gasteiger partial charge in [0.15, 0.2) is 0 Å². The van der Waals surface area contributed by atoms with Crippen LogP contribution in [0.15, 0.2) is 0 Å². The lowest BCUT2D eigenvalue weighted by molar-refractivity contribution is -0.192. The van der Waals surface area contributed by atoms with E-state index in [4.69, 9.17) is 9.47 Å². The Morgan fingerprint density at radius 3 is 2.55 bits per heavy atom. The van der Waals surface area contributed by atoms with E-state index in [1.807, 2.05) is 20.8 Å². The fourth-order valence-corrected chi connectivity index (χ4v) is 6.57. The van der Waals surface area contributed by atoms with Crippen molar-refractivity contribution < 1.29 is 24.2 Å². The van der Waals surface area contributed by atoms with Gasteiger partial charge in [-0.1, -0.05) is 34.1 Å². The largest absolute Gasteiger partial charge is 0.462 e. The molecule has 0 aromatic carbocycles. The van der Waals surface area contributed by atoms with Crippen LogP contribution in [-0.2, 0) is 19.1 Å². The quantitative estimate of drug-likeness (QED) is 0.574. The minimum absolute atomic E-state index is 0.0546.